The largest absolute Gasteiger partial charge is 0.339 e. The van der Waals surface area contributed by atoms with Crippen molar-refractivity contribution in [2.45, 2.75) is 26.3 Å². The van der Waals surface area contributed by atoms with Crippen molar-refractivity contribution < 1.29 is 9.32 Å². The number of likely N-dealkylation sites (tertiary alicyclic amines) is 1. The predicted molar refractivity (Wildman–Crippen MR) is 56.7 cm³/mol. The minimum absolute atomic E-state index is 0.116. The van der Waals surface area contributed by atoms with E-state index in [9.17, 15) is 4.79 Å². The Morgan fingerprint density at radius 1 is 1.69 bits per heavy atom. The van der Waals surface area contributed by atoms with E-state index in [1.807, 2.05) is 6.92 Å². The van der Waals surface area contributed by atoms with Crippen LogP contribution in [-0.2, 0) is 0 Å². The topological polar surface area (TPSA) is 85.2 Å². The van der Waals surface area contributed by atoms with Crippen molar-refractivity contribution in [2.24, 2.45) is 11.7 Å². The fourth-order valence-electron chi connectivity index (χ4n) is 1.93. The van der Waals surface area contributed by atoms with Crippen LogP contribution in [0.2, 0.25) is 0 Å². The first-order valence-electron chi connectivity index (χ1n) is 5.43. The van der Waals surface area contributed by atoms with E-state index < -0.39 is 0 Å². The molecule has 88 valence electrons. The molecule has 0 aromatic carbocycles. The van der Waals surface area contributed by atoms with Crippen LogP contribution in [0.4, 0.5) is 0 Å². The molecule has 2 N–H and O–H groups in total. The zero-order valence-electron chi connectivity index (χ0n) is 9.51. The van der Waals surface area contributed by atoms with Gasteiger partial charge in [-0.15, -0.1) is 0 Å². The molecular formula is C10H16N4O2. The molecule has 1 aromatic heterocycles. The smallest absolute Gasteiger partial charge is 0.295 e. The second kappa shape index (κ2) is 4.21. The number of nitrogens with zero attached hydrogens (tertiary/aromatic N) is 3. The zero-order chi connectivity index (χ0) is 11.7. The quantitative estimate of drug-likeness (QED) is 0.775. The number of carbonyl (C=O) groups is 1. The molecule has 2 heterocycles. The van der Waals surface area contributed by atoms with Crippen LogP contribution in [0.3, 0.4) is 0 Å². The monoisotopic (exact) mass is 224 g/mol. The Morgan fingerprint density at radius 2 is 2.44 bits per heavy atom. The molecule has 1 saturated heterocycles. The second-order valence-electron chi connectivity index (χ2n) is 4.30. The Balaban J connectivity index is 2.02. The Morgan fingerprint density at radius 3 is 2.94 bits per heavy atom. The van der Waals surface area contributed by atoms with Gasteiger partial charge in [0.05, 0.1) is 0 Å². The highest BCUT2D eigenvalue weighted by atomic mass is 16.5. The number of nitrogens with two attached hydrogens (primary N) is 1. The molecule has 2 unspecified atom stereocenters. The van der Waals surface area contributed by atoms with Gasteiger partial charge in [0.1, 0.15) is 0 Å². The first-order chi connectivity index (χ1) is 7.58. The Hall–Kier alpha value is -1.43. The fraction of sp³-hybridized carbons (Fsp3) is 0.700. The molecule has 16 heavy (non-hydrogen) atoms. The number of aromatic nitrogens is 2. The van der Waals surface area contributed by atoms with E-state index in [0.29, 0.717) is 18.4 Å². The summed E-state index contributed by atoms with van der Waals surface area (Å²) in [6.07, 6.45) is 0.945. The van der Waals surface area contributed by atoms with E-state index in [1.165, 1.54) is 0 Å². The number of hydrogen-bond acceptors (Lipinski definition) is 5. The van der Waals surface area contributed by atoms with Crippen LogP contribution in [0.1, 0.15) is 29.9 Å². The third-order valence-electron chi connectivity index (χ3n) is 2.97. The maximum absolute atomic E-state index is 11.9. The van der Waals surface area contributed by atoms with E-state index in [0.717, 1.165) is 13.0 Å². The molecule has 0 saturated carbocycles. The Bertz CT molecular complexity index is 388. The molecule has 1 aromatic rings. The summed E-state index contributed by atoms with van der Waals surface area (Å²) >= 11 is 0. The Kier molecular flexibility index (Phi) is 2.91. The summed E-state index contributed by atoms with van der Waals surface area (Å²) < 4.78 is 4.79. The summed E-state index contributed by atoms with van der Waals surface area (Å²) in [7, 11) is 0. The van der Waals surface area contributed by atoms with E-state index in [4.69, 9.17) is 10.3 Å². The molecule has 2 atom stereocenters. The molecule has 6 heteroatoms. The maximum atomic E-state index is 11.9. The van der Waals surface area contributed by atoms with Crippen molar-refractivity contribution in [3.05, 3.63) is 11.7 Å². The van der Waals surface area contributed by atoms with Crippen molar-refractivity contribution in [3.8, 4) is 0 Å². The molecule has 6 nitrogen and oxygen atoms in total. The highest BCUT2D eigenvalue weighted by molar-refractivity contribution is 5.90. The first-order valence-corrected chi connectivity index (χ1v) is 5.43. The summed E-state index contributed by atoms with van der Waals surface area (Å²) in [4.78, 5) is 17.6. The van der Waals surface area contributed by atoms with Crippen molar-refractivity contribution in [1.29, 1.82) is 0 Å². The third kappa shape index (κ3) is 2.06. The predicted octanol–water partition coefficient (Wildman–Crippen LogP) is 0.187. The van der Waals surface area contributed by atoms with Crippen LogP contribution in [0.25, 0.3) is 0 Å². The number of rotatable bonds is 2. The summed E-state index contributed by atoms with van der Waals surface area (Å²) in [5.74, 6) is 0.756. The fourth-order valence-corrected chi connectivity index (χ4v) is 1.93. The standard InChI is InChI=1S/C10H16N4O2/c1-6(11)8-3-4-14(5-8)10(15)9-12-7(2)16-13-9/h6,8H,3-5,11H2,1-2H3. The number of aryl methyl sites for hydroxylation is 1. The molecule has 0 bridgehead atoms. The van der Waals surface area contributed by atoms with Crippen LogP contribution < -0.4 is 5.73 Å². The van der Waals surface area contributed by atoms with Gasteiger partial charge in [0.2, 0.25) is 5.89 Å². The van der Waals surface area contributed by atoms with Crippen LogP contribution >= 0.6 is 0 Å². The van der Waals surface area contributed by atoms with Gasteiger partial charge in [-0.25, -0.2) is 0 Å². The average Bonchev–Trinajstić information content (AvgIpc) is 2.84. The number of amides is 1. The molecule has 1 fully saturated rings. The summed E-state index contributed by atoms with van der Waals surface area (Å²) in [6.45, 7) is 5.04. The minimum Gasteiger partial charge on any atom is -0.339 e. The van der Waals surface area contributed by atoms with Gasteiger partial charge in [-0.2, -0.15) is 4.98 Å². The lowest BCUT2D eigenvalue weighted by Gasteiger charge is -2.16. The lowest BCUT2D eigenvalue weighted by molar-refractivity contribution is 0.0770. The van der Waals surface area contributed by atoms with E-state index in [2.05, 4.69) is 10.1 Å². The molecule has 0 aliphatic carbocycles. The van der Waals surface area contributed by atoms with Gasteiger partial charge >= 0.3 is 0 Å². The summed E-state index contributed by atoms with van der Waals surface area (Å²) in [6, 6.07) is 0.116. The van der Waals surface area contributed by atoms with Crippen LogP contribution in [0.15, 0.2) is 4.52 Å². The molecule has 0 spiro atoms. The van der Waals surface area contributed by atoms with Crippen molar-refractivity contribution >= 4 is 5.91 Å². The van der Waals surface area contributed by atoms with E-state index in [-0.39, 0.29) is 17.8 Å². The number of hydrogen-bond donors (Lipinski definition) is 1. The van der Waals surface area contributed by atoms with Gasteiger partial charge in [-0.05, 0) is 19.3 Å². The van der Waals surface area contributed by atoms with Crippen molar-refractivity contribution in [1.82, 2.24) is 15.0 Å². The van der Waals surface area contributed by atoms with E-state index in [1.54, 1.807) is 11.8 Å². The third-order valence-corrected chi connectivity index (χ3v) is 2.97. The van der Waals surface area contributed by atoms with Gasteiger partial charge in [0.25, 0.3) is 11.7 Å². The van der Waals surface area contributed by atoms with Gasteiger partial charge in [-0.1, -0.05) is 5.16 Å². The van der Waals surface area contributed by atoms with E-state index >= 15 is 0 Å². The Labute approximate surface area is 93.8 Å². The lowest BCUT2D eigenvalue weighted by Crippen LogP contribution is -2.33. The zero-order valence-corrected chi connectivity index (χ0v) is 9.51. The summed E-state index contributed by atoms with van der Waals surface area (Å²) in [5, 5.41) is 3.62. The van der Waals surface area contributed by atoms with Crippen molar-refractivity contribution in [3.63, 3.8) is 0 Å². The minimum atomic E-state index is -0.167. The first kappa shape index (κ1) is 11.1. The molecule has 1 aliphatic rings. The molecule has 0 radical (unpaired) electrons. The summed E-state index contributed by atoms with van der Waals surface area (Å²) in [5.41, 5.74) is 5.82. The second-order valence-corrected chi connectivity index (χ2v) is 4.30. The van der Waals surface area contributed by atoms with Gasteiger partial charge in [-0.3, -0.25) is 4.79 Å². The highest BCUT2D eigenvalue weighted by Gasteiger charge is 2.30. The lowest BCUT2D eigenvalue weighted by atomic mass is 10.0. The SMILES string of the molecule is Cc1nc(C(=O)N2CCC(C(C)N)C2)no1. The van der Waals surface area contributed by atoms with Crippen molar-refractivity contribution in [2.75, 3.05) is 13.1 Å². The molecular weight excluding hydrogens is 208 g/mol. The van der Waals surface area contributed by atoms with Gasteiger partial charge < -0.3 is 15.2 Å². The van der Waals surface area contributed by atoms with Crippen LogP contribution in [0.5, 0.6) is 0 Å². The number of carbonyl (C=O) groups excluding carboxylic acids is 1. The molecule has 1 aliphatic heterocycles. The maximum Gasteiger partial charge on any atom is 0.295 e. The van der Waals surface area contributed by atoms with Crippen LogP contribution in [-0.4, -0.2) is 40.1 Å². The molecule has 2 rings (SSSR count). The highest BCUT2D eigenvalue weighted by Crippen LogP contribution is 2.19. The van der Waals surface area contributed by atoms with Gasteiger partial charge in [0, 0.05) is 26.1 Å². The van der Waals surface area contributed by atoms with Crippen LogP contribution in [0, 0.1) is 12.8 Å². The van der Waals surface area contributed by atoms with Gasteiger partial charge in [0.15, 0.2) is 0 Å². The normalized spacial score (nSPS) is 22.4. The molecule has 1 amide bonds. The average molecular weight is 224 g/mol.